The molecule has 2 unspecified atom stereocenters. The highest BCUT2D eigenvalue weighted by Crippen LogP contribution is 2.25. The molecule has 4 nitrogen and oxygen atoms in total. The predicted octanol–water partition coefficient (Wildman–Crippen LogP) is 1.96. The summed E-state index contributed by atoms with van der Waals surface area (Å²) in [5, 5.41) is 13.1. The van der Waals surface area contributed by atoms with Crippen molar-refractivity contribution in [1.82, 2.24) is 5.32 Å². The monoisotopic (exact) mass is 273 g/mol. The van der Waals surface area contributed by atoms with E-state index < -0.39 is 6.10 Å². The number of aliphatic hydroxyl groups excluding tert-OH is 1. The normalized spacial score (nSPS) is 27.2. The van der Waals surface area contributed by atoms with Gasteiger partial charge in [0.1, 0.15) is 0 Å². The molecular formula is C15H31NO3. The largest absolute Gasteiger partial charge is 0.389 e. The summed E-state index contributed by atoms with van der Waals surface area (Å²) in [5.74, 6) is 0.839. The second-order valence-electron chi connectivity index (χ2n) is 5.84. The van der Waals surface area contributed by atoms with Crippen molar-refractivity contribution in [3.63, 3.8) is 0 Å². The smallest absolute Gasteiger partial charge is 0.0897 e. The molecule has 0 bridgehead atoms. The third-order valence-corrected chi connectivity index (χ3v) is 3.76. The first-order chi connectivity index (χ1) is 9.11. The first-order valence-electron chi connectivity index (χ1n) is 7.72. The molecule has 1 aliphatic rings. The number of aliphatic hydroxyl groups is 1. The van der Waals surface area contributed by atoms with Gasteiger partial charge in [-0.3, -0.25) is 0 Å². The second kappa shape index (κ2) is 9.70. The fraction of sp³-hybridized carbons (Fsp3) is 1.00. The molecule has 114 valence electrons. The summed E-state index contributed by atoms with van der Waals surface area (Å²) in [5.41, 5.74) is 0. The lowest BCUT2D eigenvalue weighted by atomic mass is 9.89. The second-order valence-corrected chi connectivity index (χ2v) is 5.84. The summed E-state index contributed by atoms with van der Waals surface area (Å²) >= 11 is 0. The van der Waals surface area contributed by atoms with Crippen molar-refractivity contribution >= 4 is 0 Å². The van der Waals surface area contributed by atoms with Crippen LogP contribution in [0.2, 0.25) is 0 Å². The van der Waals surface area contributed by atoms with Crippen molar-refractivity contribution in [3.8, 4) is 0 Å². The molecule has 0 saturated heterocycles. The van der Waals surface area contributed by atoms with Gasteiger partial charge in [0.25, 0.3) is 0 Å². The quantitative estimate of drug-likeness (QED) is 0.674. The molecule has 1 rings (SSSR count). The van der Waals surface area contributed by atoms with Crippen LogP contribution in [0.4, 0.5) is 0 Å². The van der Waals surface area contributed by atoms with Gasteiger partial charge in [-0.25, -0.2) is 0 Å². The molecule has 0 radical (unpaired) electrons. The van der Waals surface area contributed by atoms with Crippen molar-refractivity contribution in [2.75, 3.05) is 26.4 Å². The van der Waals surface area contributed by atoms with Gasteiger partial charge in [0.15, 0.2) is 0 Å². The summed E-state index contributed by atoms with van der Waals surface area (Å²) in [4.78, 5) is 0. The first-order valence-corrected chi connectivity index (χ1v) is 7.72. The molecule has 1 aliphatic carbocycles. The van der Waals surface area contributed by atoms with E-state index in [9.17, 15) is 5.11 Å². The molecule has 0 aliphatic heterocycles. The molecule has 0 aromatic carbocycles. The minimum absolute atomic E-state index is 0.269. The van der Waals surface area contributed by atoms with E-state index >= 15 is 0 Å². The van der Waals surface area contributed by atoms with Crippen LogP contribution < -0.4 is 5.32 Å². The maximum Gasteiger partial charge on any atom is 0.0897 e. The molecule has 1 fully saturated rings. The molecule has 0 aromatic heterocycles. The Morgan fingerprint density at radius 2 is 1.89 bits per heavy atom. The third-order valence-electron chi connectivity index (χ3n) is 3.76. The number of nitrogens with one attached hydrogen (secondary N) is 1. The Morgan fingerprint density at radius 1 is 1.21 bits per heavy atom. The Hall–Kier alpha value is -0.160. The van der Waals surface area contributed by atoms with Crippen LogP contribution in [-0.4, -0.2) is 49.7 Å². The van der Waals surface area contributed by atoms with Gasteiger partial charge < -0.3 is 19.9 Å². The Kier molecular flexibility index (Phi) is 8.62. The van der Waals surface area contributed by atoms with Crippen molar-refractivity contribution in [3.05, 3.63) is 0 Å². The van der Waals surface area contributed by atoms with Crippen molar-refractivity contribution in [1.29, 1.82) is 0 Å². The fourth-order valence-corrected chi connectivity index (χ4v) is 2.39. The van der Waals surface area contributed by atoms with Crippen LogP contribution in [0.5, 0.6) is 0 Å². The number of rotatable bonds is 9. The number of hydrogen-bond acceptors (Lipinski definition) is 4. The summed E-state index contributed by atoms with van der Waals surface area (Å²) in [6, 6.07) is 0.269. The van der Waals surface area contributed by atoms with E-state index in [1.54, 1.807) is 0 Å². The van der Waals surface area contributed by atoms with Crippen molar-refractivity contribution in [2.24, 2.45) is 5.92 Å². The van der Waals surface area contributed by atoms with Crippen LogP contribution in [0, 0.1) is 5.92 Å². The number of ether oxygens (including phenoxy) is 2. The Balaban J connectivity index is 2.02. The van der Waals surface area contributed by atoms with Crippen LogP contribution in [0.1, 0.15) is 46.5 Å². The van der Waals surface area contributed by atoms with Gasteiger partial charge in [0.05, 0.1) is 25.4 Å². The number of hydrogen-bond donors (Lipinski definition) is 2. The Morgan fingerprint density at radius 3 is 2.53 bits per heavy atom. The molecule has 0 heterocycles. The lowest BCUT2D eigenvalue weighted by molar-refractivity contribution is -0.0289. The van der Waals surface area contributed by atoms with E-state index in [0.717, 1.165) is 25.4 Å². The molecular weight excluding hydrogens is 242 g/mol. The standard InChI is InChI=1S/C15H31NO3/c1-4-18-10-13(3)16-9-14(17)11-19-15-7-5-12(2)6-8-15/h12-17H,4-11H2,1-3H3. The topological polar surface area (TPSA) is 50.7 Å². The minimum Gasteiger partial charge on any atom is -0.389 e. The van der Waals surface area contributed by atoms with Crippen molar-refractivity contribution in [2.45, 2.75) is 64.7 Å². The first kappa shape index (κ1) is 16.9. The van der Waals surface area contributed by atoms with Gasteiger partial charge in [-0.15, -0.1) is 0 Å². The maximum atomic E-state index is 9.88. The highest BCUT2D eigenvalue weighted by atomic mass is 16.5. The zero-order valence-corrected chi connectivity index (χ0v) is 12.7. The average molecular weight is 273 g/mol. The maximum absolute atomic E-state index is 9.88. The van der Waals surface area contributed by atoms with Crippen molar-refractivity contribution < 1.29 is 14.6 Å². The predicted molar refractivity (Wildman–Crippen MR) is 77.3 cm³/mol. The van der Waals surface area contributed by atoms with E-state index in [-0.39, 0.29) is 6.04 Å². The van der Waals surface area contributed by atoms with Crippen LogP contribution in [0.15, 0.2) is 0 Å². The SMILES string of the molecule is CCOCC(C)NCC(O)COC1CCC(C)CC1. The van der Waals surface area contributed by atoms with E-state index in [1.807, 2.05) is 6.92 Å². The van der Waals surface area contributed by atoms with Gasteiger partial charge in [0, 0.05) is 19.2 Å². The van der Waals surface area contributed by atoms with Crippen LogP contribution in [0.25, 0.3) is 0 Å². The Bertz CT molecular complexity index is 217. The zero-order chi connectivity index (χ0) is 14.1. The lowest BCUT2D eigenvalue weighted by Gasteiger charge is -2.27. The molecule has 1 saturated carbocycles. The molecule has 19 heavy (non-hydrogen) atoms. The highest BCUT2D eigenvalue weighted by Gasteiger charge is 2.19. The van der Waals surface area contributed by atoms with Gasteiger partial charge in [-0.1, -0.05) is 6.92 Å². The van der Waals surface area contributed by atoms with Gasteiger partial charge in [-0.2, -0.15) is 0 Å². The Labute approximate surface area is 117 Å². The highest BCUT2D eigenvalue weighted by molar-refractivity contribution is 4.71. The molecule has 4 heteroatoms. The summed E-state index contributed by atoms with van der Waals surface area (Å²) < 4.78 is 11.1. The van der Waals surface area contributed by atoms with Gasteiger partial charge >= 0.3 is 0 Å². The summed E-state index contributed by atoms with van der Waals surface area (Å²) in [6.07, 6.45) is 4.72. The third kappa shape index (κ3) is 7.88. The molecule has 0 spiro atoms. The van der Waals surface area contributed by atoms with Crippen LogP contribution >= 0.6 is 0 Å². The summed E-state index contributed by atoms with van der Waals surface area (Å²) in [7, 11) is 0. The molecule has 2 N–H and O–H groups in total. The van der Waals surface area contributed by atoms with Crippen LogP contribution in [-0.2, 0) is 9.47 Å². The van der Waals surface area contributed by atoms with E-state index in [0.29, 0.717) is 25.9 Å². The van der Waals surface area contributed by atoms with E-state index in [4.69, 9.17) is 9.47 Å². The average Bonchev–Trinajstić information content (AvgIpc) is 2.42. The zero-order valence-electron chi connectivity index (χ0n) is 12.7. The fourth-order valence-electron chi connectivity index (χ4n) is 2.39. The van der Waals surface area contributed by atoms with E-state index in [1.165, 1.54) is 12.8 Å². The van der Waals surface area contributed by atoms with Gasteiger partial charge in [0.2, 0.25) is 0 Å². The lowest BCUT2D eigenvalue weighted by Crippen LogP contribution is -2.39. The van der Waals surface area contributed by atoms with Gasteiger partial charge in [-0.05, 0) is 45.4 Å². The molecule has 2 atom stereocenters. The minimum atomic E-state index is -0.427. The molecule has 0 aromatic rings. The summed E-state index contributed by atoms with van der Waals surface area (Å²) in [6.45, 7) is 8.77. The van der Waals surface area contributed by atoms with Crippen LogP contribution in [0.3, 0.4) is 0 Å². The molecule has 0 amide bonds. The van der Waals surface area contributed by atoms with E-state index in [2.05, 4.69) is 19.2 Å².